The molecule has 0 spiro atoms. The number of H-pyrrole nitrogens is 1. The van der Waals surface area contributed by atoms with Crippen molar-refractivity contribution in [1.29, 1.82) is 0 Å². The Morgan fingerprint density at radius 1 is 1.36 bits per heavy atom. The Kier molecular flexibility index (Phi) is 2.37. The van der Waals surface area contributed by atoms with E-state index in [4.69, 9.17) is 5.73 Å². The van der Waals surface area contributed by atoms with Crippen LogP contribution in [0.1, 0.15) is 12.0 Å². The maximum Gasteiger partial charge on any atom is 0.0460 e. The van der Waals surface area contributed by atoms with Gasteiger partial charge >= 0.3 is 0 Å². The first-order valence-electron chi connectivity index (χ1n) is 4.77. The van der Waals surface area contributed by atoms with Gasteiger partial charge in [-0.1, -0.05) is 18.7 Å². The number of aromatic amines is 1. The van der Waals surface area contributed by atoms with E-state index in [2.05, 4.69) is 29.8 Å². The van der Waals surface area contributed by atoms with Crippen molar-refractivity contribution in [3.8, 4) is 0 Å². The summed E-state index contributed by atoms with van der Waals surface area (Å²) in [5, 5.41) is 1.23. The Bertz CT molecular complexity index is 454. The van der Waals surface area contributed by atoms with E-state index in [1.807, 2.05) is 12.3 Å². The highest BCUT2D eigenvalue weighted by Crippen LogP contribution is 2.24. The maximum absolute atomic E-state index is 5.52. The van der Waals surface area contributed by atoms with Crippen LogP contribution < -0.4 is 5.73 Å². The van der Waals surface area contributed by atoms with E-state index < -0.39 is 0 Å². The van der Waals surface area contributed by atoms with Gasteiger partial charge in [0.2, 0.25) is 0 Å². The Labute approximate surface area is 83.4 Å². The third-order valence-electron chi connectivity index (χ3n) is 2.42. The Hall–Kier alpha value is -1.54. The first kappa shape index (κ1) is 9.03. The number of benzene rings is 1. The SMILES string of the molecule is C=C(CCN)c1cccc2[nH]ccc12. The molecule has 2 aromatic rings. The van der Waals surface area contributed by atoms with Crippen LogP contribution >= 0.6 is 0 Å². The Balaban J connectivity index is 2.50. The molecule has 1 aromatic heterocycles. The molecule has 0 amide bonds. The average molecular weight is 186 g/mol. The molecule has 0 saturated carbocycles. The minimum atomic E-state index is 0.652. The van der Waals surface area contributed by atoms with Gasteiger partial charge in [0.15, 0.2) is 0 Å². The summed E-state index contributed by atoms with van der Waals surface area (Å²) in [5.74, 6) is 0. The van der Waals surface area contributed by atoms with Crippen LogP contribution in [0.4, 0.5) is 0 Å². The smallest absolute Gasteiger partial charge is 0.0460 e. The van der Waals surface area contributed by atoms with Crippen molar-refractivity contribution >= 4 is 16.5 Å². The molecule has 2 heteroatoms. The summed E-state index contributed by atoms with van der Waals surface area (Å²) in [6.07, 6.45) is 2.80. The number of rotatable bonds is 3. The van der Waals surface area contributed by atoms with Crippen molar-refractivity contribution < 1.29 is 0 Å². The molecule has 72 valence electrons. The van der Waals surface area contributed by atoms with Gasteiger partial charge in [-0.15, -0.1) is 0 Å². The quantitative estimate of drug-likeness (QED) is 0.760. The van der Waals surface area contributed by atoms with Crippen LogP contribution in [0.25, 0.3) is 16.5 Å². The van der Waals surface area contributed by atoms with Gasteiger partial charge in [-0.05, 0) is 36.2 Å². The van der Waals surface area contributed by atoms with Crippen LogP contribution in [0.2, 0.25) is 0 Å². The second-order valence-electron chi connectivity index (χ2n) is 3.39. The van der Waals surface area contributed by atoms with Gasteiger partial charge in [-0.25, -0.2) is 0 Å². The van der Waals surface area contributed by atoms with Crippen molar-refractivity contribution in [3.63, 3.8) is 0 Å². The monoisotopic (exact) mass is 186 g/mol. The van der Waals surface area contributed by atoms with E-state index in [9.17, 15) is 0 Å². The van der Waals surface area contributed by atoms with Crippen LogP contribution in [-0.2, 0) is 0 Å². The molecule has 1 heterocycles. The predicted molar refractivity (Wildman–Crippen MR) is 61.0 cm³/mol. The molecule has 0 aliphatic rings. The van der Waals surface area contributed by atoms with Crippen molar-refractivity contribution in [2.45, 2.75) is 6.42 Å². The Morgan fingerprint density at radius 3 is 3.00 bits per heavy atom. The van der Waals surface area contributed by atoms with E-state index in [-0.39, 0.29) is 0 Å². The summed E-state index contributed by atoms with van der Waals surface area (Å²) in [4.78, 5) is 3.18. The molecule has 3 N–H and O–H groups in total. The molecule has 0 bridgehead atoms. The Morgan fingerprint density at radius 2 is 2.21 bits per heavy atom. The topological polar surface area (TPSA) is 41.8 Å². The lowest BCUT2D eigenvalue weighted by Crippen LogP contribution is -1.99. The average Bonchev–Trinajstić information content (AvgIpc) is 2.65. The molecule has 0 aliphatic carbocycles. The molecule has 2 nitrogen and oxygen atoms in total. The minimum Gasteiger partial charge on any atom is -0.361 e. The van der Waals surface area contributed by atoms with Crippen molar-refractivity contribution in [2.24, 2.45) is 5.73 Å². The second-order valence-corrected chi connectivity index (χ2v) is 3.39. The fourth-order valence-electron chi connectivity index (χ4n) is 1.70. The molecule has 2 rings (SSSR count). The molecule has 0 atom stereocenters. The van der Waals surface area contributed by atoms with Gasteiger partial charge in [-0.3, -0.25) is 0 Å². The summed E-state index contributed by atoms with van der Waals surface area (Å²) in [7, 11) is 0. The first-order chi connectivity index (χ1) is 6.83. The third kappa shape index (κ3) is 1.44. The van der Waals surface area contributed by atoms with Crippen LogP contribution in [0.3, 0.4) is 0 Å². The zero-order chi connectivity index (χ0) is 9.97. The van der Waals surface area contributed by atoms with Gasteiger partial charge in [-0.2, -0.15) is 0 Å². The number of nitrogens with one attached hydrogen (secondary N) is 1. The molecule has 14 heavy (non-hydrogen) atoms. The van der Waals surface area contributed by atoms with Crippen molar-refractivity contribution in [3.05, 3.63) is 42.6 Å². The molecule has 0 aliphatic heterocycles. The molecule has 1 aromatic carbocycles. The normalized spacial score (nSPS) is 10.6. The van der Waals surface area contributed by atoms with Crippen LogP contribution in [0.15, 0.2) is 37.0 Å². The van der Waals surface area contributed by atoms with Gasteiger partial charge in [0.1, 0.15) is 0 Å². The van der Waals surface area contributed by atoms with Crippen LogP contribution in [0, 0.1) is 0 Å². The predicted octanol–water partition coefficient (Wildman–Crippen LogP) is 2.53. The first-order valence-corrected chi connectivity index (χ1v) is 4.77. The van der Waals surface area contributed by atoms with E-state index in [1.54, 1.807) is 0 Å². The highest BCUT2D eigenvalue weighted by Gasteiger charge is 2.03. The summed E-state index contributed by atoms with van der Waals surface area (Å²) < 4.78 is 0. The summed E-state index contributed by atoms with van der Waals surface area (Å²) >= 11 is 0. The summed E-state index contributed by atoms with van der Waals surface area (Å²) in [5.41, 5.74) is 8.98. The number of hydrogen-bond acceptors (Lipinski definition) is 1. The van der Waals surface area contributed by atoms with E-state index >= 15 is 0 Å². The number of fused-ring (bicyclic) bond motifs is 1. The second kappa shape index (κ2) is 3.68. The lowest BCUT2D eigenvalue weighted by molar-refractivity contribution is 1.03. The fourth-order valence-corrected chi connectivity index (χ4v) is 1.70. The fraction of sp³-hybridized carbons (Fsp3) is 0.167. The molecule has 0 unspecified atom stereocenters. The van der Waals surface area contributed by atoms with Crippen LogP contribution in [-0.4, -0.2) is 11.5 Å². The lowest BCUT2D eigenvalue weighted by atomic mass is 10.0. The standard InChI is InChI=1S/C12H14N2/c1-9(5-7-13)10-3-2-4-12-11(10)6-8-14-12/h2-4,6,8,14H,1,5,7,13H2. The summed E-state index contributed by atoms with van der Waals surface area (Å²) in [6.45, 7) is 4.70. The molecule has 0 radical (unpaired) electrons. The largest absolute Gasteiger partial charge is 0.361 e. The summed E-state index contributed by atoms with van der Waals surface area (Å²) in [6, 6.07) is 8.27. The van der Waals surface area contributed by atoms with Gasteiger partial charge in [0.05, 0.1) is 0 Å². The third-order valence-corrected chi connectivity index (χ3v) is 2.42. The molecular formula is C12H14N2. The van der Waals surface area contributed by atoms with E-state index in [0.29, 0.717) is 6.54 Å². The van der Waals surface area contributed by atoms with Crippen molar-refractivity contribution in [1.82, 2.24) is 4.98 Å². The van der Waals surface area contributed by atoms with E-state index in [1.165, 1.54) is 10.9 Å². The zero-order valence-corrected chi connectivity index (χ0v) is 8.09. The molecular weight excluding hydrogens is 172 g/mol. The highest BCUT2D eigenvalue weighted by atomic mass is 14.7. The van der Waals surface area contributed by atoms with Crippen molar-refractivity contribution in [2.75, 3.05) is 6.54 Å². The number of hydrogen-bond donors (Lipinski definition) is 2. The maximum atomic E-state index is 5.52. The van der Waals surface area contributed by atoms with Gasteiger partial charge in [0, 0.05) is 17.1 Å². The molecule has 0 fully saturated rings. The number of nitrogens with two attached hydrogens (primary N) is 1. The lowest BCUT2D eigenvalue weighted by Gasteiger charge is -2.05. The molecule has 0 saturated heterocycles. The highest BCUT2D eigenvalue weighted by molar-refractivity contribution is 5.91. The van der Waals surface area contributed by atoms with E-state index in [0.717, 1.165) is 17.5 Å². The van der Waals surface area contributed by atoms with Gasteiger partial charge in [0.25, 0.3) is 0 Å². The van der Waals surface area contributed by atoms with Gasteiger partial charge < -0.3 is 10.7 Å². The zero-order valence-electron chi connectivity index (χ0n) is 8.09. The number of aromatic nitrogens is 1. The minimum absolute atomic E-state index is 0.652. The van der Waals surface area contributed by atoms with Crippen LogP contribution in [0.5, 0.6) is 0 Å².